The van der Waals surface area contributed by atoms with Gasteiger partial charge in [0, 0.05) is 10.8 Å². The van der Waals surface area contributed by atoms with Crippen molar-refractivity contribution in [2.24, 2.45) is 10.8 Å². The smallest absolute Gasteiger partial charge is 0.205 e. The van der Waals surface area contributed by atoms with E-state index in [4.69, 9.17) is 5.84 Å². The average Bonchev–Trinajstić information content (AvgIpc) is 2.29. The summed E-state index contributed by atoms with van der Waals surface area (Å²) in [5.74, 6) is 6.10. The van der Waals surface area contributed by atoms with Gasteiger partial charge in [0.25, 0.3) is 0 Å². The first-order chi connectivity index (χ1) is 7.53. The number of hydrazine groups is 1. The maximum absolute atomic E-state index is 5.42. The van der Waals surface area contributed by atoms with Crippen LogP contribution in [-0.2, 0) is 0 Å². The van der Waals surface area contributed by atoms with Gasteiger partial charge in [-0.25, -0.2) is 5.84 Å². The Labute approximate surface area is 104 Å². The Balaban J connectivity index is 4.49. The summed E-state index contributed by atoms with van der Waals surface area (Å²) >= 11 is 1.89. The minimum Gasteiger partial charge on any atom is -0.353 e. The SMILES string of the molecule is CCC(CC)(CN=C(NN)NC(C)C)SC. The molecule has 5 heteroatoms. The summed E-state index contributed by atoms with van der Waals surface area (Å²) in [6, 6.07) is 0.335. The molecular formula is C11H26N4S. The van der Waals surface area contributed by atoms with Crippen LogP contribution in [0.5, 0.6) is 0 Å². The number of thioether (sulfide) groups is 1. The molecule has 0 bridgehead atoms. The van der Waals surface area contributed by atoms with Gasteiger partial charge >= 0.3 is 0 Å². The first kappa shape index (κ1) is 15.6. The molecule has 96 valence electrons. The lowest BCUT2D eigenvalue weighted by atomic mass is 10.0. The van der Waals surface area contributed by atoms with E-state index in [1.54, 1.807) is 0 Å². The lowest BCUT2D eigenvalue weighted by Gasteiger charge is -2.28. The summed E-state index contributed by atoms with van der Waals surface area (Å²) in [6.45, 7) is 9.34. The van der Waals surface area contributed by atoms with E-state index in [0.29, 0.717) is 12.0 Å². The number of hydrogen-bond acceptors (Lipinski definition) is 3. The van der Waals surface area contributed by atoms with Gasteiger partial charge in [-0.2, -0.15) is 11.8 Å². The van der Waals surface area contributed by atoms with E-state index in [9.17, 15) is 0 Å². The molecule has 0 rings (SSSR count). The Hall–Kier alpha value is -0.420. The van der Waals surface area contributed by atoms with Crippen LogP contribution >= 0.6 is 11.8 Å². The molecular weight excluding hydrogens is 220 g/mol. The van der Waals surface area contributed by atoms with Crippen molar-refractivity contribution in [2.45, 2.75) is 51.3 Å². The van der Waals surface area contributed by atoms with Crippen LogP contribution in [0, 0.1) is 0 Å². The highest BCUT2D eigenvalue weighted by atomic mass is 32.2. The van der Waals surface area contributed by atoms with Crippen molar-refractivity contribution in [2.75, 3.05) is 12.8 Å². The zero-order chi connectivity index (χ0) is 12.6. The summed E-state index contributed by atoms with van der Waals surface area (Å²) in [6.07, 6.45) is 4.38. The quantitative estimate of drug-likeness (QED) is 0.289. The highest BCUT2D eigenvalue weighted by molar-refractivity contribution is 8.00. The van der Waals surface area contributed by atoms with Crippen molar-refractivity contribution in [1.82, 2.24) is 10.7 Å². The van der Waals surface area contributed by atoms with Gasteiger partial charge in [0.1, 0.15) is 0 Å². The molecule has 0 unspecified atom stereocenters. The molecule has 0 fully saturated rings. The molecule has 0 aromatic rings. The Morgan fingerprint density at radius 1 is 1.38 bits per heavy atom. The van der Waals surface area contributed by atoms with Crippen LogP contribution in [0.4, 0.5) is 0 Å². The number of hydrogen-bond donors (Lipinski definition) is 3. The second kappa shape index (κ2) is 7.79. The number of guanidine groups is 1. The fraction of sp³-hybridized carbons (Fsp3) is 0.909. The number of nitrogens with one attached hydrogen (secondary N) is 2. The minimum absolute atomic E-state index is 0.237. The third-order valence-corrected chi connectivity index (χ3v) is 4.38. The van der Waals surface area contributed by atoms with E-state index in [1.165, 1.54) is 0 Å². The fourth-order valence-corrected chi connectivity index (χ4v) is 2.23. The molecule has 0 heterocycles. The Morgan fingerprint density at radius 3 is 2.25 bits per heavy atom. The molecule has 0 aromatic carbocycles. The monoisotopic (exact) mass is 246 g/mol. The van der Waals surface area contributed by atoms with Crippen LogP contribution in [0.3, 0.4) is 0 Å². The molecule has 0 spiro atoms. The van der Waals surface area contributed by atoms with Crippen molar-refractivity contribution in [3.8, 4) is 0 Å². The lowest BCUT2D eigenvalue weighted by Crippen LogP contribution is -2.45. The standard InChI is InChI=1S/C11H26N4S/c1-6-11(7-2,16-5)8-13-10(15-12)14-9(3)4/h9H,6-8,12H2,1-5H3,(H2,13,14,15). The zero-order valence-corrected chi connectivity index (χ0v) is 11.9. The van der Waals surface area contributed by atoms with Gasteiger partial charge in [0.15, 0.2) is 0 Å². The molecule has 4 nitrogen and oxygen atoms in total. The second-order valence-electron chi connectivity index (χ2n) is 4.20. The zero-order valence-electron chi connectivity index (χ0n) is 11.1. The molecule has 4 N–H and O–H groups in total. The van der Waals surface area contributed by atoms with Crippen LogP contribution in [0.25, 0.3) is 0 Å². The predicted octanol–water partition coefficient (Wildman–Crippen LogP) is 1.73. The van der Waals surface area contributed by atoms with Crippen LogP contribution < -0.4 is 16.6 Å². The highest BCUT2D eigenvalue weighted by Gasteiger charge is 2.24. The highest BCUT2D eigenvalue weighted by Crippen LogP contribution is 2.30. The van der Waals surface area contributed by atoms with Gasteiger partial charge in [-0.3, -0.25) is 10.4 Å². The van der Waals surface area contributed by atoms with E-state index in [0.717, 1.165) is 19.4 Å². The second-order valence-corrected chi connectivity index (χ2v) is 5.48. The Bertz CT molecular complexity index is 204. The third kappa shape index (κ3) is 5.07. The van der Waals surface area contributed by atoms with Gasteiger partial charge in [0.2, 0.25) is 5.96 Å². The van der Waals surface area contributed by atoms with Crippen LogP contribution in [0.15, 0.2) is 4.99 Å². The lowest BCUT2D eigenvalue weighted by molar-refractivity contribution is 0.556. The van der Waals surface area contributed by atoms with Gasteiger partial charge in [0.05, 0.1) is 6.54 Å². The number of nitrogens with zero attached hydrogens (tertiary/aromatic N) is 1. The molecule has 0 aliphatic carbocycles. The number of rotatable bonds is 6. The molecule has 0 aromatic heterocycles. The normalized spacial score (nSPS) is 13.1. The first-order valence-electron chi connectivity index (χ1n) is 5.86. The summed E-state index contributed by atoms with van der Waals surface area (Å²) in [5.41, 5.74) is 2.61. The Kier molecular flexibility index (Phi) is 7.58. The molecule has 0 aliphatic heterocycles. The van der Waals surface area contributed by atoms with Crippen LogP contribution in [0.1, 0.15) is 40.5 Å². The molecule has 0 saturated carbocycles. The van der Waals surface area contributed by atoms with E-state index < -0.39 is 0 Å². The number of nitrogens with two attached hydrogens (primary N) is 1. The molecule has 0 amide bonds. The van der Waals surface area contributed by atoms with Crippen molar-refractivity contribution in [3.63, 3.8) is 0 Å². The van der Waals surface area contributed by atoms with Crippen molar-refractivity contribution in [1.29, 1.82) is 0 Å². The van der Waals surface area contributed by atoms with Gasteiger partial charge in [-0.15, -0.1) is 0 Å². The number of aliphatic imine (C=N–C) groups is 1. The maximum atomic E-state index is 5.42. The third-order valence-electron chi connectivity index (χ3n) is 2.81. The molecule has 16 heavy (non-hydrogen) atoms. The predicted molar refractivity (Wildman–Crippen MR) is 74.7 cm³/mol. The summed E-state index contributed by atoms with van der Waals surface area (Å²) in [7, 11) is 0. The molecule has 0 radical (unpaired) electrons. The van der Waals surface area contributed by atoms with Crippen molar-refractivity contribution < 1.29 is 0 Å². The van der Waals surface area contributed by atoms with Crippen molar-refractivity contribution >= 4 is 17.7 Å². The van der Waals surface area contributed by atoms with Crippen LogP contribution in [0.2, 0.25) is 0 Å². The van der Waals surface area contributed by atoms with Gasteiger partial charge in [-0.1, -0.05) is 13.8 Å². The molecule has 0 saturated heterocycles. The van der Waals surface area contributed by atoms with Crippen molar-refractivity contribution in [3.05, 3.63) is 0 Å². The van der Waals surface area contributed by atoms with E-state index in [2.05, 4.69) is 49.7 Å². The van der Waals surface area contributed by atoms with Gasteiger partial charge < -0.3 is 5.32 Å². The molecule has 0 aliphatic rings. The van der Waals surface area contributed by atoms with E-state index >= 15 is 0 Å². The van der Waals surface area contributed by atoms with E-state index in [-0.39, 0.29) is 4.75 Å². The first-order valence-corrected chi connectivity index (χ1v) is 7.08. The summed E-state index contributed by atoms with van der Waals surface area (Å²) in [4.78, 5) is 4.52. The van der Waals surface area contributed by atoms with Crippen LogP contribution in [-0.4, -0.2) is 29.5 Å². The van der Waals surface area contributed by atoms with Gasteiger partial charge in [-0.05, 0) is 32.9 Å². The topological polar surface area (TPSA) is 62.4 Å². The largest absolute Gasteiger partial charge is 0.353 e. The molecule has 0 atom stereocenters. The average molecular weight is 246 g/mol. The fourth-order valence-electron chi connectivity index (χ4n) is 1.46. The summed E-state index contributed by atoms with van der Waals surface area (Å²) < 4.78 is 0.237. The summed E-state index contributed by atoms with van der Waals surface area (Å²) in [5, 5.41) is 3.18. The van der Waals surface area contributed by atoms with E-state index in [1.807, 2.05) is 11.8 Å². The Morgan fingerprint density at radius 2 is 1.94 bits per heavy atom. The maximum Gasteiger partial charge on any atom is 0.205 e. The minimum atomic E-state index is 0.237.